The van der Waals surface area contributed by atoms with E-state index in [1.54, 1.807) is 45.0 Å². The molecule has 1 aromatic heterocycles. The Kier molecular flexibility index (Phi) is 7.70. The van der Waals surface area contributed by atoms with Gasteiger partial charge in [0.25, 0.3) is 5.91 Å². The van der Waals surface area contributed by atoms with E-state index in [1.165, 1.54) is 6.20 Å². The molecule has 0 aliphatic heterocycles. The topological polar surface area (TPSA) is 154 Å². The van der Waals surface area contributed by atoms with Gasteiger partial charge < -0.3 is 31.6 Å². The van der Waals surface area contributed by atoms with Gasteiger partial charge in [0.05, 0.1) is 0 Å². The Bertz CT molecular complexity index is 991. The molecule has 0 bridgehead atoms. The molecule has 3 rings (SSSR count). The lowest BCUT2D eigenvalue weighted by Gasteiger charge is -2.29. The number of anilines is 3. The van der Waals surface area contributed by atoms with Crippen LogP contribution in [0.2, 0.25) is 0 Å². The Morgan fingerprint density at radius 3 is 2.67 bits per heavy atom. The fourth-order valence-electron chi connectivity index (χ4n) is 3.55. The van der Waals surface area contributed by atoms with E-state index in [1.807, 2.05) is 0 Å². The fraction of sp³-hybridized carbons (Fsp3) is 0.478. The summed E-state index contributed by atoms with van der Waals surface area (Å²) < 4.78 is 10.8. The number of primary amides is 1. The average Bonchev–Trinajstić information content (AvgIpc) is 2.73. The molecule has 1 amide bonds. The second-order valence-electron chi connectivity index (χ2n) is 9.05. The van der Waals surface area contributed by atoms with E-state index in [-0.39, 0.29) is 30.1 Å². The first-order valence-electron chi connectivity index (χ1n) is 11.0. The first-order chi connectivity index (χ1) is 15.6. The van der Waals surface area contributed by atoms with Crippen molar-refractivity contribution in [2.24, 2.45) is 11.5 Å². The van der Waals surface area contributed by atoms with Crippen LogP contribution in [0.15, 0.2) is 30.5 Å². The van der Waals surface area contributed by atoms with Crippen LogP contribution >= 0.6 is 0 Å². The Balaban J connectivity index is 1.72. The Hall–Kier alpha value is -3.40. The van der Waals surface area contributed by atoms with Crippen molar-refractivity contribution in [3.8, 4) is 5.75 Å². The van der Waals surface area contributed by atoms with Gasteiger partial charge >= 0.3 is 5.97 Å². The molecule has 10 heteroatoms. The Morgan fingerprint density at radius 1 is 1.21 bits per heavy atom. The van der Waals surface area contributed by atoms with Crippen LogP contribution in [0, 0.1) is 0 Å². The number of rotatable bonds is 8. The van der Waals surface area contributed by atoms with Gasteiger partial charge in [0.1, 0.15) is 22.7 Å². The summed E-state index contributed by atoms with van der Waals surface area (Å²) >= 11 is 0. The van der Waals surface area contributed by atoms with E-state index in [2.05, 4.69) is 20.6 Å². The van der Waals surface area contributed by atoms with Crippen molar-refractivity contribution in [2.45, 2.75) is 64.1 Å². The number of nitrogens with one attached hydrogen (secondary N) is 2. The predicted octanol–water partition coefficient (Wildman–Crippen LogP) is 2.72. The zero-order valence-electron chi connectivity index (χ0n) is 19.3. The molecule has 178 valence electrons. The molecular formula is C23H32N6O4. The van der Waals surface area contributed by atoms with Crippen LogP contribution in [0.1, 0.15) is 56.8 Å². The minimum absolute atomic E-state index is 0.0216. The largest absolute Gasteiger partial charge is 0.482 e. The van der Waals surface area contributed by atoms with Gasteiger partial charge in [-0.3, -0.25) is 4.79 Å². The molecule has 1 aromatic carbocycles. The van der Waals surface area contributed by atoms with Crippen molar-refractivity contribution in [3.05, 3.63) is 36.0 Å². The summed E-state index contributed by atoms with van der Waals surface area (Å²) in [5, 5.41) is 6.36. The van der Waals surface area contributed by atoms with Crippen LogP contribution in [0.25, 0.3) is 0 Å². The lowest BCUT2D eigenvalue weighted by molar-refractivity contribution is -0.157. The van der Waals surface area contributed by atoms with E-state index in [0.717, 1.165) is 25.7 Å². The number of benzene rings is 1. The molecule has 1 fully saturated rings. The highest BCUT2D eigenvalue weighted by Gasteiger charge is 2.23. The van der Waals surface area contributed by atoms with Crippen molar-refractivity contribution in [3.63, 3.8) is 0 Å². The number of hydrogen-bond acceptors (Lipinski definition) is 9. The van der Waals surface area contributed by atoms with Gasteiger partial charge in [-0.05, 0) is 45.7 Å². The maximum Gasteiger partial charge on any atom is 0.344 e. The molecule has 1 saturated carbocycles. The summed E-state index contributed by atoms with van der Waals surface area (Å²) in [6, 6.07) is 7.00. The lowest BCUT2D eigenvalue weighted by Crippen LogP contribution is -2.43. The number of esters is 1. The van der Waals surface area contributed by atoms with Crippen LogP contribution in [0.4, 0.5) is 17.5 Å². The highest BCUT2D eigenvalue weighted by molar-refractivity contribution is 5.98. The number of carbonyl (C=O) groups excluding carboxylic acids is 2. The summed E-state index contributed by atoms with van der Waals surface area (Å²) in [7, 11) is 0. The van der Waals surface area contributed by atoms with Gasteiger partial charge in [-0.2, -0.15) is 4.98 Å². The average molecular weight is 457 g/mol. The van der Waals surface area contributed by atoms with Crippen LogP contribution < -0.4 is 26.8 Å². The van der Waals surface area contributed by atoms with Crippen LogP contribution in [-0.2, 0) is 9.53 Å². The van der Waals surface area contributed by atoms with E-state index in [0.29, 0.717) is 17.4 Å². The number of aromatic nitrogens is 2. The van der Waals surface area contributed by atoms with Crippen molar-refractivity contribution in [2.75, 3.05) is 17.2 Å². The third kappa shape index (κ3) is 7.31. The van der Waals surface area contributed by atoms with Gasteiger partial charge in [0, 0.05) is 30.0 Å². The summed E-state index contributed by atoms with van der Waals surface area (Å²) in [5.41, 5.74) is 11.9. The third-order valence-electron chi connectivity index (χ3n) is 5.06. The number of hydrogen-bond donors (Lipinski definition) is 4. The van der Waals surface area contributed by atoms with Crippen molar-refractivity contribution in [1.82, 2.24) is 9.97 Å². The molecule has 0 unspecified atom stereocenters. The van der Waals surface area contributed by atoms with Crippen molar-refractivity contribution in [1.29, 1.82) is 0 Å². The fourth-order valence-corrected chi connectivity index (χ4v) is 3.55. The minimum Gasteiger partial charge on any atom is -0.482 e. The number of nitrogens with two attached hydrogens (primary N) is 2. The molecular weight excluding hydrogens is 424 g/mol. The standard InChI is InChI=1S/C23H32N6O4/c1-23(2,3)33-19(30)13-32-15-8-6-7-14(11-15)27-21-16(20(25)31)12-26-22(29-21)28-18-10-5-4-9-17(18)24/h6-8,11-12,17-18H,4-5,9-10,13,24H2,1-3H3,(H2,25,31)(H2,26,27,28,29)/t17-,18+/m0/s1. The second kappa shape index (κ2) is 10.5. The quantitative estimate of drug-likeness (QED) is 0.439. The lowest BCUT2D eigenvalue weighted by atomic mass is 9.91. The molecule has 0 saturated heterocycles. The van der Waals surface area contributed by atoms with Crippen LogP contribution in [-0.4, -0.2) is 46.1 Å². The van der Waals surface area contributed by atoms with Crippen LogP contribution in [0.5, 0.6) is 5.75 Å². The molecule has 1 aliphatic carbocycles. The van der Waals surface area contributed by atoms with Gasteiger partial charge in [0.15, 0.2) is 6.61 Å². The molecule has 10 nitrogen and oxygen atoms in total. The molecule has 1 heterocycles. The Morgan fingerprint density at radius 2 is 1.97 bits per heavy atom. The summed E-state index contributed by atoms with van der Waals surface area (Å²) in [6.07, 6.45) is 5.46. The predicted molar refractivity (Wildman–Crippen MR) is 125 cm³/mol. The van der Waals surface area contributed by atoms with Gasteiger partial charge in [-0.25, -0.2) is 9.78 Å². The van der Waals surface area contributed by atoms with E-state index in [9.17, 15) is 9.59 Å². The third-order valence-corrected chi connectivity index (χ3v) is 5.06. The molecule has 0 radical (unpaired) electrons. The number of amides is 1. The SMILES string of the molecule is CC(C)(C)OC(=O)COc1cccc(Nc2nc(N[C@@H]3CCCC[C@@H]3N)ncc2C(N)=O)c1. The van der Waals surface area contributed by atoms with E-state index in [4.69, 9.17) is 20.9 Å². The van der Waals surface area contributed by atoms with Gasteiger partial charge in [0.2, 0.25) is 5.95 Å². The molecule has 2 aromatic rings. The Labute approximate surface area is 193 Å². The number of ether oxygens (including phenoxy) is 2. The molecule has 33 heavy (non-hydrogen) atoms. The second-order valence-corrected chi connectivity index (χ2v) is 9.05. The first-order valence-corrected chi connectivity index (χ1v) is 11.0. The smallest absolute Gasteiger partial charge is 0.344 e. The summed E-state index contributed by atoms with van der Waals surface area (Å²) in [4.78, 5) is 32.5. The zero-order valence-corrected chi connectivity index (χ0v) is 19.3. The molecule has 6 N–H and O–H groups in total. The molecule has 0 spiro atoms. The maximum absolute atomic E-state index is 11.9. The number of nitrogens with zero attached hydrogens (tertiary/aromatic N) is 2. The highest BCUT2D eigenvalue weighted by Crippen LogP contribution is 2.25. The summed E-state index contributed by atoms with van der Waals surface area (Å²) in [5.74, 6) is -0.0528. The van der Waals surface area contributed by atoms with Crippen molar-refractivity contribution >= 4 is 29.3 Å². The van der Waals surface area contributed by atoms with Crippen LogP contribution in [0.3, 0.4) is 0 Å². The van der Waals surface area contributed by atoms with Gasteiger partial charge in [-0.15, -0.1) is 0 Å². The van der Waals surface area contributed by atoms with E-state index >= 15 is 0 Å². The number of carbonyl (C=O) groups is 2. The normalized spacial score (nSPS) is 18.3. The van der Waals surface area contributed by atoms with E-state index < -0.39 is 17.5 Å². The highest BCUT2D eigenvalue weighted by atomic mass is 16.6. The minimum atomic E-state index is -0.657. The summed E-state index contributed by atoms with van der Waals surface area (Å²) in [6.45, 7) is 5.14. The first kappa shape index (κ1) is 24.2. The monoisotopic (exact) mass is 456 g/mol. The van der Waals surface area contributed by atoms with Gasteiger partial charge in [-0.1, -0.05) is 18.9 Å². The molecule has 2 atom stereocenters. The van der Waals surface area contributed by atoms with Crippen molar-refractivity contribution < 1.29 is 19.1 Å². The molecule has 1 aliphatic rings. The maximum atomic E-state index is 11.9. The zero-order chi connectivity index (χ0) is 24.0.